The normalized spacial score (nSPS) is 13.0. The van der Waals surface area contributed by atoms with Crippen LogP contribution in [0.5, 0.6) is 0 Å². The molecule has 0 unspecified atom stereocenters. The van der Waals surface area contributed by atoms with Crippen molar-refractivity contribution < 1.29 is 35.1 Å². The molecule has 0 saturated carbocycles. The van der Waals surface area contributed by atoms with Gasteiger partial charge in [0.1, 0.15) is 0 Å². The van der Waals surface area contributed by atoms with Gasteiger partial charge in [-0.15, -0.1) is 0 Å². The fourth-order valence-electron chi connectivity index (χ4n) is 0.273. The topological polar surface area (TPSA) is 0 Å². The number of hydrogen-bond donors (Lipinski definition) is 0. The first kappa shape index (κ1) is 17.3. The molecule has 0 fully saturated rings. The minimum Gasteiger partial charge on any atom is -0.244 e. The zero-order chi connectivity index (χ0) is 13.2. The lowest BCUT2D eigenvalue weighted by atomic mass is 10.4. The van der Waals surface area contributed by atoms with E-state index in [2.05, 4.69) is 0 Å². The monoisotopic (exact) mass is 256 g/mol. The van der Waals surface area contributed by atoms with Crippen LogP contribution in [-0.4, -0.2) is 25.2 Å². The second kappa shape index (κ2) is 8.12. The van der Waals surface area contributed by atoms with Crippen LogP contribution in [0.2, 0.25) is 0 Å². The Morgan fingerprint density at radius 2 is 0.938 bits per heavy atom. The Morgan fingerprint density at radius 3 is 1.00 bits per heavy atom. The predicted molar refractivity (Wildman–Crippen MR) is 42.3 cm³/mol. The Hall–Kier alpha value is -1.08. The van der Waals surface area contributed by atoms with Gasteiger partial charge in [0.25, 0.3) is 11.8 Å². The second-order valence-corrected chi connectivity index (χ2v) is 2.37. The first-order chi connectivity index (χ1) is 7.24. The lowest BCUT2D eigenvalue weighted by molar-refractivity contribution is 0.0262. The van der Waals surface area contributed by atoms with Crippen molar-refractivity contribution >= 4 is 0 Å². The van der Waals surface area contributed by atoms with Crippen LogP contribution in [0.4, 0.5) is 35.1 Å². The minimum atomic E-state index is -3.63. The number of hydrogen-bond acceptors (Lipinski definition) is 0. The van der Waals surface area contributed by atoms with Gasteiger partial charge in [-0.3, -0.25) is 0 Å². The average Bonchev–Trinajstić information content (AvgIpc) is 2.19. The highest BCUT2D eigenvalue weighted by atomic mass is 19.3. The van der Waals surface area contributed by atoms with Crippen LogP contribution in [0, 0.1) is 0 Å². The summed E-state index contributed by atoms with van der Waals surface area (Å²) in [5.74, 6) is -7.26. The molecule has 0 aromatic heterocycles. The number of halogens is 8. The highest BCUT2D eigenvalue weighted by molar-refractivity contribution is 4.89. The van der Waals surface area contributed by atoms with E-state index in [9.17, 15) is 35.1 Å². The zero-order valence-electron chi connectivity index (χ0n) is 7.75. The summed E-state index contributed by atoms with van der Waals surface area (Å²) in [5.41, 5.74) is 0. The van der Waals surface area contributed by atoms with Gasteiger partial charge in [0.2, 0.25) is 0 Å². The highest BCUT2D eigenvalue weighted by Gasteiger charge is 2.24. The first-order valence-corrected chi connectivity index (χ1v) is 3.68. The standard InChI is InChI=1S/2C4H4F4/c2*5-2-1-4(7,8)3-6/h2*1-2H,3H2. The minimum absolute atomic E-state index is 0.132. The lowest BCUT2D eigenvalue weighted by Crippen LogP contribution is -2.13. The van der Waals surface area contributed by atoms with E-state index in [1.54, 1.807) is 0 Å². The van der Waals surface area contributed by atoms with E-state index in [0.717, 1.165) is 0 Å². The van der Waals surface area contributed by atoms with E-state index in [-0.39, 0.29) is 24.8 Å². The van der Waals surface area contributed by atoms with E-state index in [1.165, 1.54) is 0 Å². The second-order valence-electron chi connectivity index (χ2n) is 2.37. The van der Waals surface area contributed by atoms with Gasteiger partial charge in [0.15, 0.2) is 13.3 Å². The molecular formula is C8H8F8. The Kier molecular flexibility index (Phi) is 8.79. The van der Waals surface area contributed by atoms with E-state index < -0.39 is 25.2 Å². The molecule has 0 atom stereocenters. The van der Waals surface area contributed by atoms with E-state index in [4.69, 9.17) is 0 Å². The molecule has 0 aromatic rings. The van der Waals surface area contributed by atoms with E-state index in [1.807, 2.05) is 0 Å². The van der Waals surface area contributed by atoms with Crippen LogP contribution in [-0.2, 0) is 0 Å². The SMILES string of the molecule is FC=CC(F)(F)CF.FC=CC(F)(F)CF. The summed E-state index contributed by atoms with van der Waals surface area (Å²) in [4.78, 5) is 0. The summed E-state index contributed by atoms with van der Waals surface area (Å²) in [6.45, 7) is -3.71. The molecule has 0 spiro atoms. The Morgan fingerprint density at radius 1 is 0.688 bits per heavy atom. The number of allylic oxidation sites excluding steroid dienone is 2. The predicted octanol–water partition coefficient (Wildman–Crippen LogP) is 4.15. The summed E-state index contributed by atoms with van der Waals surface area (Å²) >= 11 is 0. The lowest BCUT2D eigenvalue weighted by Gasteiger charge is -2.01. The van der Waals surface area contributed by atoms with Gasteiger partial charge < -0.3 is 0 Å². The Bertz CT molecular complexity index is 196. The smallest absolute Gasteiger partial charge is 0.244 e. The van der Waals surface area contributed by atoms with Crippen molar-refractivity contribution in [2.45, 2.75) is 11.8 Å². The van der Waals surface area contributed by atoms with Gasteiger partial charge in [-0.25, -0.2) is 17.6 Å². The van der Waals surface area contributed by atoms with Gasteiger partial charge in [-0.05, 0) is 0 Å². The largest absolute Gasteiger partial charge is 0.296 e. The molecule has 16 heavy (non-hydrogen) atoms. The molecule has 0 saturated heterocycles. The van der Waals surface area contributed by atoms with Crippen LogP contribution in [0.15, 0.2) is 24.8 Å². The maximum absolute atomic E-state index is 11.5. The quantitative estimate of drug-likeness (QED) is 0.663. The van der Waals surface area contributed by atoms with Crippen LogP contribution in [0.25, 0.3) is 0 Å². The van der Waals surface area contributed by atoms with Gasteiger partial charge in [0, 0.05) is 12.2 Å². The molecule has 0 aliphatic heterocycles. The Balaban J connectivity index is 0. The summed E-state index contributed by atoms with van der Waals surface area (Å²) in [6.07, 6.45) is -1.01. The van der Waals surface area contributed by atoms with Gasteiger partial charge >= 0.3 is 0 Å². The third kappa shape index (κ3) is 11.0. The molecule has 0 heterocycles. The third-order valence-electron chi connectivity index (χ3n) is 0.970. The van der Waals surface area contributed by atoms with Crippen molar-refractivity contribution in [2.24, 2.45) is 0 Å². The van der Waals surface area contributed by atoms with Crippen molar-refractivity contribution in [3.8, 4) is 0 Å². The molecule has 0 aromatic carbocycles. The van der Waals surface area contributed by atoms with Crippen LogP contribution in [0.3, 0.4) is 0 Å². The molecular weight excluding hydrogens is 248 g/mol. The molecule has 0 radical (unpaired) electrons. The van der Waals surface area contributed by atoms with Gasteiger partial charge in [0.05, 0.1) is 12.7 Å². The van der Waals surface area contributed by atoms with Crippen LogP contribution < -0.4 is 0 Å². The van der Waals surface area contributed by atoms with Crippen molar-refractivity contribution in [3.05, 3.63) is 24.8 Å². The zero-order valence-corrected chi connectivity index (χ0v) is 7.75. The fourth-order valence-corrected chi connectivity index (χ4v) is 0.273. The van der Waals surface area contributed by atoms with E-state index >= 15 is 0 Å². The van der Waals surface area contributed by atoms with E-state index in [0.29, 0.717) is 0 Å². The molecule has 0 N–H and O–H groups in total. The van der Waals surface area contributed by atoms with Crippen molar-refractivity contribution in [2.75, 3.05) is 13.3 Å². The summed E-state index contributed by atoms with van der Waals surface area (Å²) in [6, 6.07) is 0. The molecule has 0 aliphatic carbocycles. The summed E-state index contributed by atoms with van der Waals surface area (Å²) < 4.78 is 89.5. The third-order valence-corrected chi connectivity index (χ3v) is 0.970. The molecule has 0 bridgehead atoms. The summed E-state index contributed by atoms with van der Waals surface area (Å²) in [5, 5.41) is 0. The summed E-state index contributed by atoms with van der Waals surface area (Å²) in [7, 11) is 0. The molecule has 0 nitrogen and oxygen atoms in total. The maximum atomic E-state index is 11.5. The number of rotatable bonds is 4. The van der Waals surface area contributed by atoms with Crippen molar-refractivity contribution in [1.82, 2.24) is 0 Å². The van der Waals surface area contributed by atoms with Crippen LogP contribution >= 0.6 is 0 Å². The fraction of sp³-hybridized carbons (Fsp3) is 0.500. The van der Waals surface area contributed by atoms with Gasteiger partial charge in [-0.2, -0.15) is 17.6 Å². The highest BCUT2D eigenvalue weighted by Crippen LogP contribution is 2.15. The maximum Gasteiger partial charge on any atom is 0.296 e. The molecule has 96 valence electrons. The molecule has 0 rings (SSSR count). The molecule has 0 aliphatic rings. The Labute approximate surface area is 86.2 Å². The van der Waals surface area contributed by atoms with Gasteiger partial charge in [-0.1, -0.05) is 0 Å². The van der Waals surface area contributed by atoms with Crippen molar-refractivity contribution in [1.29, 1.82) is 0 Å². The van der Waals surface area contributed by atoms with Crippen molar-refractivity contribution in [3.63, 3.8) is 0 Å². The average molecular weight is 256 g/mol. The number of alkyl halides is 6. The molecule has 0 amide bonds. The first-order valence-electron chi connectivity index (χ1n) is 3.68. The molecule has 8 heteroatoms. The van der Waals surface area contributed by atoms with Crippen LogP contribution in [0.1, 0.15) is 0 Å².